The average molecular weight is 252 g/mol. The average Bonchev–Trinajstić information content (AvgIpc) is 2.26. The van der Waals surface area contributed by atoms with Gasteiger partial charge in [-0.1, -0.05) is 6.92 Å². The van der Waals surface area contributed by atoms with E-state index in [1.165, 1.54) is 6.92 Å². The van der Waals surface area contributed by atoms with E-state index in [1.54, 1.807) is 0 Å². The van der Waals surface area contributed by atoms with Gasteiger partial charge in [0.2, 0.25) is 11.8 Å². The van der Waals surface area contributed by atoms with Gasteiger partial charge in [0, 0.05) is 5.92 Å². The van der Waals surface area contributed by atoms with Crippen LogP contribution in [0.2, 0.25) is 0 Å². The molecule has 0 spiro atoms. The number of alkyl halides is 1. The zero-order valence-corrected chi connectivity index (χ0v) is 9.49. The Hall–Kier alpha value is -1.34. The van der Waals surface area contributed by atoms with Crippen LogP contribution < -0.4 is 16.9 Å². The minimum atomic E-state index is -1.03. The molecule has 0 fully saturated rings. The van der Waals surface area contributed by atoms with Crippen LogP contribution in [-0.4, -0.2) is 29.7 Å². The molecule has 0 saturated carbocycles. The number of carbonyl (C=O) groups is 3. The zero-order chi connectivity index (χ0) is 12.7. The largest absolute Gasteiger partial charge is 0.372 e. The summed E-state index contributed by atoms with van der Waals surface area (Å²) in [6.07, 6.45) is 0.00793. The molecule has 0 aromatic heterocycles. The van der Waals surface area contributed by atoms with Crippen LogP contribution in [-0.2, 0) is 19.2 Å². The maximum Gasteiger partial charge on any atom is 0.347 e. The SMILES string of the molecule is CC(C[C@H](NC(=O)CCl)C(=O)ON)C(N)=O. The van der Waals surface area contributed by atoms with Gasteiger partial charge in [0.15, 0.2) is 0 Å². The van der Waals surface area contributed by atoms with Crippen molar-refractivity contribution in [3.63, 3.8) is 0 Å². The third kappa shape index (κ3) is 4.94. The van der Waals surface area contributed by atoms with Crippen molar-refractivity contribution in [1.29, 1.82) is 0 Å². The van der Waals surface area contributed by atoms with E-state index < -0.39 is 29.7 Å². The molecule has 2 amide bonds. The molecule has 5 N–H and O–H groups in total. The van der Waals surface area contributed by atoms with Crippen molar-refractivity contribution in [2.45, 2.75) is 19.4 Å². The summed E-state index contributed by atoms with van der Waals surface area (Å²) in [5.41, 5.74) is 5.03. The van der Waals surface area contributed by atoms with Gasteiger partial charge in [0.25, 0.3) is 0 Å². The van der Waals surface area contributed by atoms with Gasteiger partial charge in [-0.3, -0.25) is 9.59 Å². The first-order valence-electron chi connectivity index (χ1n) is 4.47. The van der Waals surface area contributed by atoms with E-state index in [0.29, 0.717) is 0 Å². The number of carbonyl (C=O) groups excluding carboxylic acids is 3. The highest BCUT2D eigenvalue weighted by atomic mass is 35.5. The predicted molar refractivity (Wildman–Crippen MR) is 55.9 cm³/mol. The third-order valence-electron chi connectivity index (χ3n) is 1.93. The molecule has 0 heterocycles. The third-order valence-corrected chi connectivity index (χ3v) is 2.17. The Bertz CT molecular complexity index is 284. The highest BCUT2D eigenvalue weighted by Crippen LogP contribution is 2.06. The molecule has 7 nitrogen and oxygen atoms in total. The first-order valence-corrected chi connectivity index (χ1v) is 5.01. The summed E-state index contributed by atoms with van der Waals surface area (Å²) in [7, 11) is 0. The van der Waals surface area contributed by atoms with Gasteiger partial charge in [0.05, 0.1) is 0 Å². The zero-order valence-electron chi connectivity index (χ0n) is 8.73. The Morgan fingerprint density at radius 2 is 2.00 bits per heavy atom. The van der Waals surface area contributed by atoms with Crippen LogP contribution >= 0.6 is 11.6 Å². The summed E-state index contributed by atoms with van der Waals surface area (Å²) in [4.78, 5) is 36.9. The highest BCUT2D eigenvalue weighted by Gasteiger charge is 2.25. The fraction of sp³-hybridized carbons (Fsp3) is 0.625. The molecule has 0 rings (SSSR count). The molecule has 0 aliphatic carbocycles. The predicted octanol–water partition coefficient (Wildman–Crippen LogP) is -1.36. The fourth-order valence-corrected chi connectivity index (χ4v) is 1.08. The second kappa shape index (κ2) is 7.02. The summed E-state index contributed by atoms with van der Waals surface area (Å²) >= 11 is 5.26. The molecule has 0 bridgehead atoms. The van der Waals surface area contributed by atoms with E-state index in [1.807, 2.05) is 0 Å². The van der Waals surface area contributed by atoms with Crippen LogP contribution in [0.4, 0.5) is 0 Å². The fourth-order valence-electron chi connectivity index (χ4n) is 0.999. The first-order chi connectivity index (χ1) is 7.42. The van der Waals surface area contributed by atoms with Crippen molar-refractivity contribution in [3.8, 4) is 0 Å². The van der Waals surface area contributed by atoms with Gasteiger partial charge in [-0.05, 0) is 6.42 Å². The topological polar surface area (TPSA) is 125 Å². The van der Waals surface area contributed by atoms with Crippen molar-refractivity contribution in [1.82, 2.24) is 5.32 Å². The Kier molecular flexibility index (Phi) is 6.43. The number of hydrogen-bond acceptors (Lipinski definition) is 5. The Balaban J connectivity index is 4.49. The lowest BCUT2D eigenvalue weighted by Gasteiger charge is -2.17. The molecule has 2 atom stereocenters. The maximum atomic E-state index is 11.2. The van der Waals surface area contributed by atoms with Crippen LogP contribution in [0.1, 0.15) is 13.3 Å². The van der Waals surface area contributed by atoms with Gasteiger partial charge in [-0.25, -0.2) is 4.79 Å². The molecule has 16 heavy (non-hydrogen) atoms. The number of halogens is 1. The van der Waals surface area contributed by atoms with Crippen molar-refractivity contribution in [2.24, 2.45) is 17.5 Å². The number of hydrogen-bond donors (Lipinski definition) is 3. The summed E-state index contributed by atoms with van der Waals surface area (Å²) in [5, 5.41) is 2.27. The van der Waals surface area contributed by atoms with Gasteiger partial charge >= 0.3 is 5.97 Å². The number of nitrogens with two attached hydrogens (primary N) is 2. The molecular weight excluding hydrogens is 238 g/mol. The molecule has 0 aliphatic heterocycles. The Labute approximate surface area is 97.4 Å². The van der Waals surface area contributed by atoms with Gasteiger partial charge < -0.3 is 15.9 Å². The lowest BCUT2D eigenvalue weighted by molar-refractivity contribution is -0.148. The first kappa shape index (κ1) is 14.7. The van der Waals surface area contributed by atoms with E-state index in [9.17, 15) is 14.4 Å². The summed E-state index contributed by atoms with van der Waals surface area (Å²) in [6.45, 7) is 1.52. The van der Waals surface area contributed by atoms with E-state index in [-0.39, 0.29) is 12.3 Å². The minimum absolute atomic E-state index is 0.00793. The molecule has 0 aliphatic rings. The molecule has 92 valence electrons. The van der Waals surface area contributed by atoms with Crippen molar-refractivity contribution in [2.75, 3.05) is 5.88 Å². The number of primary amides is 1. The van der Waals surface area contributed by atoms with Crippen molar-refractivity contribution in [3.05, 3.63) is 0 Å². The summed E-state index contributed by atoms with van der Waals surface area (Å²) in [6, 6.07) is -1.03. The summed E-state index contributed by atoms with van der Waals surface area (Å²) in [5.74, 6) is 1.78. The van der Waals surface area contributed by atoms with Crippen LogP contribution in [0.15, 0.2) is 0 Å². The standard InChI is InChI=1S/C8H14ClN3O4/c1-4(7(10)14)2-5(8(15)16-11)12-6(13)3-9/h4-5H,2-3,11H2,1H3,(H2,10,14)(H,12,13)/t4?,5-/m0/s1. The van der Waals surface area contributed by atoms with Crippen molar-refractivity contribution >= 4 is 29.4 Å². The molecular formula is C8H14ClN3O4. The monoisotopic (exact) mass is 251 g/mol. The lowest BCUT2D eigenvalue weighted by atomic mass is 10.0. The molecule has 0 saturated heterocycles. The number of amides is 2. The summed E-state index contributed by atoms with van der Waals surface area (Å²) < 4.78 is 0. The van der Waals surface area contributed by atoms with Crippen LogP contribution in [0, 0.1) is 5.92 Å². The minimum Gasteiger partial charge on any atom is -0.372 e. The van der Waals surface area contributed by atoms with E-state index in [0.717, 1.165) is 0 Å². The van der Waals surface area contributed by atoms with Crippen LogP contribution in [0.25, 0.3) is 0 Å². The number of rotatable bonds is 6. The van der Waals surface area contributed by atoms with E-state index >= 15 is 0 Å². The molecule has 0 aromatic rings. The van der Waals surface area contributed by atoms with E-state index in [4.69, 9.17) is 23.2 Å². The number of nitrogens with one attached hydrogen (secondary N) is 1. The lowest BCUT2D eigenvalue weighted by Crippen LogP contribution is -2.45. The smallest absolute Gasteiger partial charge is 0.347 e. The molecule has 0 aromatic carbocycles. The quantitative estimate of drug-likeness (QED) is 0.397. The highest BCUT2D eigenvalue weighted by molar-refractivity contribution is 6.27. The van der Waals surface area contributed by atoms with Gasteiger partial charge in [0.1, 0.15) is 11.9 Å². The molecule has 8 heteroatoms. The van der Waals surface area contributed by atoms with Gasteiger partial charge in [-0.2, -0.15) is 5.90 Å². The van der Waals surface area contributed by atoms with E-state index in [2.05, 4.69) is 10.2 Å². The molecule has 1 unspecified atom stereocenters. The maximum absolute atomic E-state index is 11.2. The Morgan fingerprint density at radius 3 is 2.38 bits per heavy atom. The molecule has 0 radical (unpaired) electrons. The van der Waals surface area contributed by atoms with Crippen LogP contribution in [0.5, 0.6) is 0 Å². The second-order valence-corrected chi connectivity index (χ2v) is 3.50. The van der Waals surface area contributed by atoms with Gasteiger partial charge in [-0.15, -0.1) is 11.6 Å². The Morgan fingerprint density at radius 1 is 1.44 bits per heavy atom. The second-order valence-electron chi connectivity index (χ2n) is 3.23. The van der Waals surface area contributed by atoms with Crippen LogP contribution in [0.3, 0.4) is 0 Å². The van der Waals surface area contributed by atoms with Crippen molar-refractivity contribution < 1.29 is 19.2 Å². The normalized spacial score (nSPS) is 13.7.